The standard InChI is InChI=1S/C7H11O2/c8-4-1-7-2-5-9-6-3-7/h7H,1-3,5-6H2. The van der Waals surface area contributed by atoms with Gasteiger partial charge in [0, 0.05) is 19.6 Å². The van der Waals surface area contributed by atoms with Crippen LogP contribution in [0, 0.1) is 5.92 Å². The van der Waals surface area contributed by atoms with Crippen molar-refractivity contribution in [2.45, 2.75) is 19.3 Å². The van der Waals surface area contributed by atoms with Gasteiger partial charge in [-0.25, -0.2) is 0 Å². The van der Waals surface area contributed by atoms with E-state index < -0.39 is 0 Å². The van der Waals surface area contributed by atoms with Crippen LogP contribution in [0.1, 0.15) is 19.3 Å². The van der Waals surface area contributed by atoms with Gasteiger partial charge in [-0.15, -0.1) is 0 Å². The van der Waals surface area contributed by atoms with Crippen LogP contribution in [0.15, 0.2) is 0 Å². The lowest BCUT2D eigenvalue weighted by Crippen LogP contribution is -2.15. The van der Waals surface area contributed by atoms with Crippen LogP contribution >= 0.6 is 0 Å². The van der Waals surface area contributed by atoms with Crippen molar-refractivity contribution in [1.29, 1.82) is 0 Å². The maximum absolute atomic E-state index is 9.91. The van der Waals surface area contributed by atoms with Gasteiger partial charge in [-0.2, -0.15) is 0 Å². The molecule has 9 heavy (non-hydrogen) atoms. The van der Waals surface area contributed by atoms with E-state index in [-0.39, 0.29) is 0 Å². The zero-order valence-electron chi connectivity index (χ0n) is 5.43. The number of ether oxygens (including phenoxy) is 1. The van der Waals surface area contributed by atoms with Crippen LogP contribution < -0.4 is 0 Å². The second-order valence-electron chi connectivity index (χ2n) is 2.40. The molecule has 1 fully saturated rings. The van der Waals surface area contributed by atoms with Crippen molar-refractivity contribution in [3.63, 3.8) is 0 Å². The van der Waals surface area contributed by atoms with Crippen LogP contribution in [0.4, 0.5) is 0 Å². The highest BCUT2D eigenvalue weighted by Crippen LogP contribution is 2.16. The molecule has 1 heterocycles. The number of hydrogen-bond donors (Lipinski definition) is 0. The first-order valence-electron chi connectivity index (χ1n) is 3.36. The van der Waals surface area contributed by atoms with Crippen molar-refractivity contribution in [3.8, 4) is 0 Å². The highest BCUT2D eigenvalue weighted by molar-refractivity contribution is 5.50. The Morgan fingerprint density at radius 3 is 2.67 bits per heavy atom. The quantitative estimate of drug-likeness (QED) is 0.551. The monoisotopic (exact) mass is 127 g/mol. The van der Waals surface area contributed by atoms with E-state index in [1.807, 2.05) is 6.29 Å². The fraction of sp³-hybridized carbons (Fsp3) is 0.857. The molecule has 0 aromatic rings. The first-order valence-corrected chi connectivity index (χ1v) is 3.36. The van der Waals surface area contributed by atoms with E-state index in [1.165, 1.54) is 0 Å². The van der Waals surface area contributed by atoms with Crippen molar-refractivity contribution < 1.29 is 9.53 Å². The van der Waals surface area contributed by atoms with Gasteiger partial charge in [-0.3, -0.25) is 4.79 Å². The fourth-order valence-corrected chi connectivity index (χ4v) is 1.07. The van der Waals surface area contributed by atoms with Gasteiger partial charge in [0.2, 0.25) is 0 Å². The molecule has 0 bridgehead atoms. The molecule has 51 valence electrons. The minimum absolute atomic E-state index is 0.552. The maximum atomic E-state index is 9.91. The summed E-state index contributed by atoms with van der Waals surface area (Å²) in [7, 11) is 0. The topological polar surface area (TPSA) is 26.3 Å². The van der Waals surface area contributed by atoms with Crippen LogP contribution in [-0.2, 0) is 9.53 Å². The normalized spacial score (nSPS) is 21.8. The third-order valence-corrected chi connectivity index (χ3v) is 1.71. The second-order valence-corrected chi connectivity index (χ2v) is 2.40. The first-order chi connectivity index (χ1) is 4.43. The Labute approximate surface area is 55.2 Å². The van der Waals surface area contributed by atoms with Gasteiger partial charge in [0.1, 0.15) is 0 Å². The molecule has 0 aromatic carbocycles. The SMILES string of the molecule is O=[C]CC1CCOCC1. The van der Waals surface area contributed by atoms with Crippen LogP contribution in [0.3, 0.4) is 0 Å². The summed E-state index contributed by atoms with van der Waals surface area (Å²) < 4.78 is 5.12. The third kappa shape index (κ3) is 2.14. The van der Waals surface area contributed by atoms with E-state index >= 15 is 0 Å². The number of rotatable bonds is 2. The largest absolute Gasteiger partial charge is 0.381 e. The van der Waals surface area contributed by atoms with Crippen LogP contribution in [-0.4, -0.2) is 19.5 Å². The van der Waals surface area contributed by atoms with Gasteiger partial charge in [0.05, 0.1) is 0 Å². The Bertz CT molecular complexity index is 84.9. The van der Waals surface area contributed by atoms with Crippen LogP contribution in [0.25, 0.3) is 0 Å². The summed E-state index contributed by atoms with van der Waals surface area (Å²) in [6.07, 6.45) is 4.61. The first kappa shape index (κ1) is 6.75. The zero-order chi connectivity index (χ0) is 6.53. The predicted molar refractivity (Wildman–Crippen MR) is 33.9 cm³/mol. The van der Waals surface area contributed by atoms with Crippen LogP contribution in [0.2, 0.25) is 0 Å². The van der Waals surface area contributed by atoms with E-state index in [4.69, 9.17) is 4.74 Å². The number of carbonyl (C=O) groups excluding carboxylic acids is 1. The van der Waals surface area contributed by atoms with Gasteiger partial charge in [0.15, 0.2) is 6.29 Å². The molecule has 1 aliphatic rings. The lowest BCUT2D eigenvalue weighted by molar-refractivity contribution is 0.0683. The molecule has 2 heteroatoms. The van der Waals surface area contributed by atoms with Crippen molar-refractivity contribution in [3.05, 3.63) is 0 Å². The summed E-state index contributed by atoms with van der Waals surface area (Å²) in [5.41, 5.74) is 0. The van der Waals surface area contributed by atoms with Gasteiger partial charge in [-0.1, -0.05) is 0 Å². The Hall–Kier alpha value is -0.370. The summed E-state index contributed by atoms with van der Waals surface area (Å²) in [5.74, 6) is 0.552. The molecule has 1 radical (unpaired) electrons. The summed E-state index contributed by atoms with van der Waals surface area (Å²) in [6.45, 7) is 1.65. The van der Waals surface area contributed by atoms with Crippen molar-refractivity contribution in [2.75, 3.05) is 13.2 Å². The minimum Gasteiger partial charge on any atom is -0.381 e. The summed E-state index contributed by atoms with van der Waals surface area (Å²) in [4.78, 5) is 9.91. The Morgan fingerprint density at radius 1 is 1.44 bits per heavy atom. The molecule has 0 atom stereocenters. The molecule has 1 saturated heterocycles. The highest BCUT2D eigenvalue weighted by Gasteiger charge is 2.12. The molecule has 2 nitrogen and oxygen atoms in total. The van der Waals surface area contributed by atoms with E-state index in [0.29, 0.717) is 12.3 Å². The van der Waals surface area contributed by atoms with Gasteiger partial charge in [0.25, 0.3) is 0 Å². The fourth-order valence-electron chi connectivity index (χ4n) is 1.07. The van der Waals surface area contributed by atoms with Crippen LogP contribution in [0.5, 0.6) is 0 Å². The summed E-state index contributed by atoms with van der Waals surface area (Å²) >= 11 is 0. The molecule has 0 N–H and O–H groups in total. The molecule has 1 aliphatic heterocycles. The van der Waals surface area contributed by atoms with Gasteiger partial charge >= 0.3 is 0 Å². The third-order valence-electron chi connectivity index (χ3n) is 1.71. The highest BCUT2D eigenvalue weighted by atomic mass is 16.5. The molecule has 0 spiro atoms. The summed E-state index contributed by atoms with van der Waals surface area (Å²) in [6, 6.07) is 0. The average molecular weight is 127 g/mol. The molecular weight excluding hydrogens is 116 g/mol. The smallest absolute Gasteiger partial charge is 0.198 e. The molecule has 0 saturated carbocycles. The maximum Gasteiger partial charge on any atom is 0.198 e. The van der Waals surface area contributed by atoms with E-state index in [2.05, 4.69) is 0 Å². The average Bonchev–Trinajstić information content (AvgIpc) is 1.91. The van der Waals surface area contributed by atoms with E-state index in [0.717, 1.165) is 26.1 Å². The lowest BCUT2D eigenvalue weighted by Gasteiger charge is -2.18. The number of hydrogen-bond acceptors (Lipinski definition) is 2. The summed E-state index contributed by atoms with van der Waals surface area (Å²) in [5, 5.41) is 0. The van der Waals surface area contributed by atoms with Crippen molar-refractivity contribution >= 4 is 6.29 Å². The minimum atomic E-state index is 0.552. The lowest BCUT2D eigenvalue weighted by atomic mass is 9.98. The van der Waals surface area contributed by atoms with Crippen molar-refractivity contribution in [1.82, 2.24) is 0 Å². The molecule has 1 rings (SSSR count). The molecule has 0 amide bonds. The van der Waals surface area contributed by atoms with E-state index in [9.17, 15) is 4.79 Å². The molecular formula is C7H11O2. The van der Waals surface area contributed by atoms with Gasteiger partial charge in [-0.05, 0) is 18.8 Å². The predicted octanol–water partition coefficient (Wildman–Crippen LogP) is 0.913. The van der Waals surface area contributed by atoms with Gasteiger partial charge < -0.3 is 4.74 Å². The second kappa shape index (κ2) is 3.62. The Balaban J connectivity index is 2.15. The molecule has 0 aromatic heterocycles. The molecule has 0 unspecified atom stereocenters. The zero-order valence-corrected chi connectivity index (χ0v) is 5.43. The van der Waals surface area contributed by atoms with E-state index in [1.54, 1.807) is 0 Å². The van der Waals surface area contributed by atoms with Crippen molar-refractivity contribution in [2.24, 2.45) is 5.92 Å². The Kier molecular flexibility index (Phi) is 2.71. The Morgan fingerprint density at radius 2 is 2.11 bits per heavy atom. The molecule has 0 aliphatic carbocycles.